The zero-order valence-corrected chi connectivity index (χ0v) is 10.8. The number of carbonyl (C=O) groups is 1. The van der Waals surface area contributed by atoms with E-state index in [0.717, 1.165) is 12.1 Å². The van der Waals surface area contributed by atoms with Crippen LogP contribution in [0, 0.1) is 0 Å². The van der Waals surface area contributed by atoms with Crippen LogP contribution in [0.2, 0.25) is 0 Å². The third-order valence-electron chi connectivity index (χ3n) is 2.01. The number of aromatic carboxylic acids is 1. The summed E-state index contributed by atoms with van der Waals surface area (Å²) < 4.78 is 77.9. The van der Waals surface area contributed by atoms with Crippen molar-refractivity contribution in [2.24, 2.45) is 0 Å². The summed E-state index contributed by atoms with van der Waals surface area (Å²) in [5.74, 6) is -2.75. The molecule has 0 aliphatic carbocycles. The fourth-order valence-electron chi connectivity index (χ4n) is 1.22. The Morgan fingerprint density at radius 2 is 1.65 bits per heavy atom. The van der Waals surface area contributed by atoms with Gasteiger partial charge in [-0.1, -0.05) is 15.9 Å². The molecule has 0 aliphatic heterocycles. The Balaban J connectivity index is 3.22. The van der Waals surface area contributed by atoms with Crippen LogP contribution in [0.15, 0.2) is 22.7 Å². The Morgan fingerprint density at radius 1 is 1.15 bits per heavy atom. The fraction of sp³-hybridized carbons (Fsp3) is 0.300. The highest BCUT2D eigenvalue weighted by molar-refractivity contribution is 9.10. The summed E-state index contributed by atoms with van der Waals surface area (Å²) in [7, 11) is 0. The lowest BCUT2D eigenvalue weighted by molar-refractivity contribution is -0.299. The van der Waals surface area contributed by atoms with Gasteiger partial charge in [0.2, 0.25) is 0 Å². The molecule has 0 fully saturated rings. The van der Waals surface area contributed by atoms with Gasteiger partial charge >= 0.3 is 18.3 Å². The largest absolute Gasteiger partial charge is 0.478 e. The molecule has 20 heavy (non-hydrogen) atoms. The highest BCUT2D eigenvalue weighted by Crippen LogP contribution is 2.37. The Labute approximate surface area is 116 Å². The minimum Gasteiger partial charge on any atom is -0.478 e. The minimum absolute atomic E-state index is 0.165. The van der Waals surface area contributed by atoms with Gasteiger partial charge in [-0.3, -0.25) is 0 Å². The first-order valence-corrected chi connectivity index (χ1v) is 5.55. The molecule has 0 aliphatic rings. The summed E-state index contributed by atoms with van der Waals surface area (Å²) in [6.07, 6.45) is -15.5. The molecule has 1 aromatic rings. The van der Waals surface area contributed by atoms with Gasteiger partial charge in [0.25, 0.3) is 6.10 Å². The molecule has 10 heteroatoms. The van der Waals surface area contributed by atoms with Crippen LogP contribution >= 0.6 is 15.9 Å². The molecule has 0 atom stereocenters. The van der Waals surface area contributed by atoms with Crippen molar-refractivity contribution in [3.63, 3.8) is 0 Å². The van der Waals surface area contributed by atoms with Crippen LogP contribution in [0.5, 0.6) is 5.75 Å². The first-order valence-electron chi connectivity index (χ1n) is 4.76. The normalized spacial score (nSPS) is 12.6. The van der Waals surface area contributed by atoms with Gasteiger partial charge in [0.1, 0.15) is 11.3 Å². The van der Waals surface area contributed by atoms with Gasteiger partial charge in [0.15, 0.2) is 0 Å². The Kier molecular flexibility index (Phi) is 4.57. The number of alkyl halides is 6. The highest BCUT2D eigenvalue weighted by atomic mass is 79.9. The van der Waals surface area contributed by atoms with E-state index in [-0.39, 0.29) is 4.47 Å². The van der Waals surface area contributed by atoms with Gasteiger partial charge in [0, 0.05) is 4.47 Å². The van der Waals surface area contributed by atoms with E-state index >= 15 is 0 Å². The maximum Gasteiger partial charge on any atom is 0.434 e. The molecule has 0 aromatic heterocycles. The Hall–Kier alpha value is -1.45. The smallest absolute Gasteiger partial charge is 0.434 e. The molecule has 0 bridgehead atoms. The number of hydrogen-bond acceptors (Lipinski definition) is 2. The monoisotopic (exact) mass is 366 g/mol. The molecule has 0 radical (unpaired) electrons. The molecular formula is C10H5BrF6O3. The lowest BCUT2D eigenvalue weighted by Crippen LogP contribution is -2.46. The molecule has 0 heterocycles. The summed E-state index contributed by atoms with van der Waals surface area (Å²) in [5, 5.41) is 8.75. The van der Waals surface area contributed by atoms with E-state index < -0.39 is 35.7 Å². The topological polar surface area (TPSA) is 46.5 Å². The number of hydrogen-bond donors (Lipinski definition) is 1. The summed E-state index contributed by atoms with van der Waals surface area (Å²) in [5.41, 5.74) is -0.821. The summed E-state index contributed by atoms with van der Waals surface area (Å²) in [6.45, 7) is 0. The molecule has 0 unspecified atom stereocenters. The lowest BCUT2D eigenvalue weighted by atomic mass is 10.2. The van der Waals surface area contributed by atoms with Gasteiger partial charge in [-0.25, -0.2) is 4.79 Å². The summed E-state index contributed by atoms with van der Waals surface area (Å²) >= 11 is 2.85. The van der Waals surface area contributed by atoms with E-state index in [2.05, 4.69) is 20.7 Å². The minimum atomic E-state index is -5.72. The van der Waals surface area contributed by atoms with Crippen LogP contribution in [0.1, 0.15) is 10.4 Å². The van der Waals surface area contributed by atoms with E-state index in [4.69, 9.17) is 5.11 Å². The maximum atomic E-state index is 12.3. The molecule has 1 rings (SSSR count). The van der Waals surface area contributed by atoms with E-state index in [1.54, 1.807) is 0 Å². The van der Waals surface area contributed by atoms with Crippen LogP contribution in [0.25, 0.3) is 0 Å². The Morgan fingerprint density at radius 3 is 2.05 bits per heavy atom. The van der Waals surface area contributed by atoms with Crippen LogP contribution in [-0.4, -0.2) is 29.5 Å². The summed E-state index contributed by atoms with van der Waals surface area (Å²) in [4.78, 5) is 10.8. The first-order chi connectivity index (χ1) is 8.93. The second kappa shape index (κ2) is 5.51. The Bertz CT molecular complexity index is 497. The molecule has 0 amide bonds. The van der Waals surface area contributed by atoms with Crippen LogP contribution in [0.4, 0.5) is 26.3 Å². The number of rotatable bonds is 3. The number of benzene rings is 1. The van der Waals surface area contributed by atoms with Gasteiger partial charge < -0.3 is 9.84 Å². The third-order valence-corrected chi connectivity index (χ3v) is 2.50. The van der Waals surface area contributed by atoms with Crippen molar-refractivity contribution in [2.75, 3.05) is 0 Å². The first kappa shape index (κ1) is 16.6. The van der Waals surface area contributed by atoms with E-state index in [9.17, 15) is 31.1 Å². The summed E-state index contributed by atoms with van der Waals surface area (Å²) in [6, 6.07) is 2.60. The van der Waals surface area contributed by atoms with Crippen LogP contribution < -0.4 is 4.74 Å². The van der Waals surface area contributed by atoms with Gasteiger partial charge in [0.05, 0.1) is 0 Å². The number of ether oxygens (including phenoxy) is 1. The molecule has 0 spiro atoms. The molecule has 112 valence electrons. The standard InChI is InChI=1S/C10H5BrF6O3/c11-4-1-2-6(5(3-4)7(18)19)20-8(9(12,13)14)10(15,16)17/h1-3,8H,(H,18,19). The number of halogens is 7. The molecule has 3 nitrogen and oxygen atoms in total. The maximum absolute atomic E-state index is 12.3. The molecule has 1 aromatic carbocycles. The van der Waals surface area contributed by atoms with E-state index in [1.165, 1.54) is 0 Å². The lowest BCUT2D eigenvalue weighted by Gasteiger charge is -2.24. The van der Waals surface area contributed by atoms with Crippen molar-refractivity contribution in [2.45, 2.75) is 18.5 Å². The SMILES string of the molecule is O=C(O)c1cc(Br)ccc1OC(C(F)(F)F)C(F)(F)F. The predicted molar refractivity (Wildman–Crippen MR) is 57.6 cm³/mol. The highest BCUT2D eigenvalue weighted by Gasteiger charge is 2.59. The van der Waals surface area contributed by atoms with Crippen molar-refractivity contribution in [3.8, 4) is 5.75 Å². The van der Waals surface area contributed by atoms with E-state index in [1.807, 2.05) is 0 Å². The van der Waals surface area contributed by atoms with Crippen molar-refractivity contribution < 1.29 is 41.0 Å². The zero-order chi connectivity index (χ0) is 15.7. The third kappa shape index (κ3) is 4.02. The number of carboxylic acid groups (broad SMARTS) is 1. The average Bonchev–Trinajstić information content (AvgIpc) is 2.23. The number of carboxylic acids is 1. The molecule has 1 N–H and O–H groups in total. The molecule has 0 saturated heterocycles. The quantitative estimate of drug-likeness (QED) is 0.822. The van der Waals surface area contributed by atoms with Crippen LogP contribution in [-0.2, 0) is 0 Å². The van der Waals surface area contributed by atoms with Crippen molar-refractivity contribution >= 4 is 21.9 Å². The van der Waals surface area contributed by atoms with Gasteiger partial charge in [-0.05, 0) is 18.2 Å². The fourth-order valence-corrected chi connectivity index (χ4v) is 1.58. The zero-order valence-electron chi connectivity index (χ0n) is 9.22. The average molecular weight is 367 g/mol. The predicted octanol–water partition coefficient (Wildman–Crippen LogP) is 4.02. The van der Waals surface area contributed by atoms with Crippen molar-refractivity contribution in [1.82, 2.24) is 0 Å². The van der Waals surface area contributed by atoms with Gasteiger partial charge in [-0.15, -0.1) is 0 Å². The van der Waals surface area contributed by atoms with Crippen LogP contribution in [0.3, 0.4) is 0 Å². The molecular weight excluding hydrogens is 362 g/mol. The van der Waals surface area contributed by atoms with Crippen molar-refractivity contribution in [1.29, 1.82) is 0 Å². The second-order valence-corrected chi connectivity index (χ2v) is 4.44. The second-order valence-electron chi connectivity index (χ2n) is 3.53. The van der Waals surface area contributed by atoms with Crippen molar-refractivity contribution in [3.05, 3.63) is 28.2 Å². The van der Waals surface area contributed by atoms with E-state index in [0.29, 0.717) is 6.07 Å². The molecule has 0 saturated carbocycles. The van der Waals surface area contributed by atoms with Gasteiger partial charge in [-0.2, -0.15) is 26.3 Å².